The Bertz CT molecular complexity index is 855. The van der Waals surface area contributed by atoms with Gasteiger partial charge in [0.2, 0.25) is 0 Å². The Hall–Kier alpha value is -2.60. The largest absolute Gasteiger partial charge is 0.278 e. The number of fused-ring (bicyclic) bond motifs is 1. The van der Waals surface area contributed by atoms with E-state index in [-0.39, 0.29) is 5.69 Å². The molecule has 0 radical (unpaired) electrons. The van der Waals surface area contributed by atoms with E-state index in [0.717, 1.165) is 20.9 Å². The highest BCUT2D eigenvalue weighted by Crippen LogP contribution is 2.26. The highest BCUT2D eigenvalue weighted by atomic mass is 32.1. The number of hydrogen-bond donors (Lipinski definition) is 0. The van der Waals surface area contributed by atoms with E-state index >= 15 is 0 Å². The molecule has 5 nitrogen and oxygen atoms in total. The molecular weight excluding hydrogens is 286 g/mol. The van der Waals surface area contributed by atoms with E-state index in [0.29, 0.717) is 5.56 Å². The molecule has 0 fully saturated rings. The first kappa shape index (κ1) is 13.4. The summed E-state index contributed by atoms with van der Waals surface area (Å²) >= 11 is 1.60. The fourth-order valence-corrected chi connectivity index (χ4v) is 2.88. The average Bonchev–Trinajstić information content (AvgIpc) is 2.84. The van der Waals surface area contributed by atoms with Gasteiger partial charge in [-0.05, 0) is 31.2 Å². The third kappa shape index (κ3) is 2.80. The molecule has 0 aliphatic carbocycles. The van der Waals surface area contributed by atoms with Gasteiger partial charge in [-0.3, -0.25) is 15.1 Å². The predicted octanol–water partition coefficient (Wildman–Crippen LogP) is 4.26. The third-order valence-corrected chi connectivity index (χ3v) is 3.90. The minimum atomic E-state index is -0.406. The van der Waals surface area contributed by atoms with Gasteiger partial charge in [0.15, 0.2) is 0 Å². The van der Waals surface area contributed by atoms with Crippen LogP contribution in [0.2, 0.25) is 0 Å². The maximum absolute atomic E-state index is 10.9. The summed E-state index contributed by atoms with van der Waals surface area (Å²) in [4.78, 5) is 19.3. The lowest BCUT2D eigenvalue weighted by molar-refractivity contribution is -0.385. The molecule has 0 unspecified atom stereocenters. The van der Waals surface area contributed by atoms with Gasteiger partial charge in [0.05, 0.1) is 31.4 Å². The maximum Gasteiger partial charge on any atom is 0.278 e. The maximum atomic E-state index is 10.9. The Morgan fingerprint density at radius 3 is 2.90 bits per heavy atom. The molecule has 0 aliphatic heterocycles. The zero-order chi connectivity index (χ0) is 14.8. The molecular formula is C15H11N3O2S. The quantitative estimate of drug-likeness (QED) is 0.412. The molecule has 0 saturated heterocycles. The van der Waals surface area contributed by atoms with Gasteiger partial charge in [-0.25, -0.2) is 4.98 Å². The molecule has 0 spiro atoms. The summed E-state index contributed by atoms with van der Waals surface area (Å²) in [7, 11) is 0. The second-order valence-electron chi connectivity index (χ2n) is 4.46. The molecule has 2 aromatic carbocycles. The number of para-hydroxylation sites is 1. The second-order valence-corrected chi connectivity index (χ2v) is 5.69. The molecule has 1 heterocycles. The minimum absolute atomic E-state index is 0.0518. The van der Waals surface area contributed by atoms with Crippen molar-refractivity contribution in [1.82, 2.24) is 4.98 Å². The Morgan fingerprint density at radius 2 is 2.10 bits per heavy atom. The van der Waals surface area contributed by atoms with Gasteiger partial charge < -0.3 is 0 Å². The first-order valence-electron chi connectivity index (χ1n) is 6.28. The summed E-state index contributed by atoms with van der Waals surface area (Å²) in [5, 5.41) is 12.0. The number of nitrogens with zero attached hydrogens (tertiary/aromatic N) is 3. The zero-order valence-electron chi connectivity index (χ0n) is 11.2. The molecule has 0 saturated carbocycles. The number of rotatable bonds is 3. The molecule has 104 valence electrons. The monoisotopic (exact) mass is 297 g/mol. The van der Waals surface area contributed by atoms with E-state index < -0.39 is 4.92 Å². The predicted molar refractivity (Wildman–Crippen MR) is 84.7 cm³/mol. The zero-order valence-corrected chi connectivity index (χ0v) is 12.0. The van der Waals surface area contributed by atoms with E-state index in [1.54, 1.807) is 29.5 Å². The number of thiazole rings is 1. The molecule has 0 amide bonds. The van der Waals surface area contributed by atoms with Crippen molar-refractivity contribution >= 4 is 39.1 Å². The molecule has 6 heteroatoms. The Morgan fingerprint density at radius 1 is 1.29 bits per heavy atom. The Labute approximate surface area is 124 Å². The minimum Gasteiger partial charge on any atom is -0.258 e. The number of aromatic nitrogens is 1. The van der Waals surface area contributed by atoms with Crippen LogP contribution < -0.4 is 0 Å². The topological polar surface area (TPSA) is 68.4 Å². The second kappa shape index (κ2) is 5.41. The molecule has 0 bridgehead atoms. The molecule has 0 N–H and O–H groups in total. The van der Waals surface area contributed by atoms with Crippen LogP contribution in [0.25, 0.3) is 10.2 Å². The summed E-state index contributed by atoms with van der Waals surface area (Å²) < 4.78 is 1.06. The van der Waals surface area contributed by atoms with Crippen molar-refractivity contribution in [3.05, 3.63) is 63.1 Å². The van der Waals surface area contributed by atoms with Crippen LogP contribution in [-0.4, -0.2) is 16.1 Å². The summed E-state index contributed by atoms with van der Waals surface area (Å²) in [5.74, 6) is 0. The number of nitro groups is 1. The molecule has 0 aliphatic rings. The Kier molecular flexibility index (Phi) is 3.45. The SMILES string of the molecule is Cc1nc2ccc(N=Cc3ccccc3[N+](=O)[O-])cc2s1. The third-order valence-electron chi connectivity index (χ3n) is 2.97. The fourth-order valence-electron chi connectivity index (χ4n) is 2.02. The van der Waals surface area contributed by atoms with Crippen molar-refractivity contribution < 1.29 is 4.92 Å². The molecule has 0 atom stereocenters. The standard InChI is InChI=1S/C15H11N3O2S/c1-10-17-13-7-6-12(8-15(13)21-10)16-9-11-4-2-3-5-14(11)18(19)20/h2-9H,1H3. The molecule has 1 aromatic heterocycles. The summed E-state index contributed by atoms with van der Waals surface area (Å²) in [5.41, 5.74) is 2.24. The van der Waals surface area contributed by atoms with Crippen LogP contribution in [0.3, 0.4) is 0 Å². The van der Waals surface area contributed by atoms with Crippen LogP contribution in [-0.2, 0) is 0 Å². The summed E-state index contributed by atoms with van der Waals surface area (Å²) in [6.07, 6.45) is 1.52. The molecule has 21 heavy (non-hydrogen) atoms. The number of benzene rings is 2. The lowest BCUT2D eigenvalue weighted by Gasteiger charge is -1.97. The van der Waals surface area contributed by atoms with Gasteiger partial charge in [-0.2, -0.15) is 0 Å². The van der Waals surface area contributed by atoms with Crippen LogP contribution in [0.4, 0.5) is 11.4 Å². The van der Waals surface area contributed by atoms with Crippen LogP contribution >= 0.6 is 11.3 Å². The van der Waals surface area contributed by atoms with E-state index in [9.17, 15) is 10.1 Å². The van der Waals surface area contributed by atoms with Crippen LogP contribution in [0.1, 0.15) is 10.6 Å². The van der Waals surface area contributed by atoms with Gasteiger partial charge in [0, 0.05) is 12.3 Å². The van der Waals surface area contributed by atoms with Crippen LogP contribution in [0.5, 0.6) is 0 Å². The van der Waals surface area contributed by atoms with Gasteiger partial charge in [-0.1, -0.05) is 12.1 Å². The van der Waals surface area contributed by atoms with Crippen LogP contribution in [0.15, 0.2) is 47.5 Å². The molecule has 3 rings (SSSR count). The van der Waals surface area contributed by atoms with E-state index in [4.69, 9.17) is 0 Å². The smallest absolute Gasteiger partial charge is 0.258 e. The number of aliphatic imine (C=N–C) groups is 1. The number of aryl methyl sites for hydroxylation is 1. The lowest BCUT2D eigenvalue weighted by atomic mass is 10.2. The van der Waals surface area contributed by atoms with E-state index in [2.05, 4.69) is 9.98 Å². The first-order chi connectivity index (χ1) is 10.1. The summed E-state index contributed by atoms with van der Waals surface area (Å²) in [6, 6.07) is 12.2. The normalized spacial score (nSPS) is 11.3. The van der Waals surface area contributed by atoms with Gasteiger partial charge in [0.1, 0.15) is 0 Å². The van der Waals surface area contributed by atoms with Gasteiger partial charge >= 0.3 is 0 Å². The first-order valence-corrected chi connectivity index (χ1v) is 7.10. The van der Waals surface area contributed by atoms with E-state index in [1.165, 1.54) is 12.3 Å². The Balaban J connectivity index is 1.96. The lowest BCUT2D eigenvalue weighted by Crippen LogP contribution is -1.93. The van der Waals surface area contributed by atoms with Crippen molar-refractivity contribution in [3.8, 4) is 0 Å². The summed E-state index contributed by atoms with van der Waals surface area (Å²) in [6.45, 7) is 1.96. The number of hydrogen-bond acceptors (Lipinski definition) is 5. The molecule has 3 aromatic rings. The van der Waals surface area contributed by atoms with E-state index in [1.807, 2.05) is 25.1 Å². The van der Waals surface area contributed by atoms with Crippen molar-refractivity contribution in [2.45, 2.75) is 6.92 Å². The van der Waals surface area contributed by atoms with Crippen molar-refractivity contribution in [1.29, 1.82) is 0 Å². The average molecular weight is 297 g/mol. The highest BCUT2D eigenvalue weighted by Gasteiger charge is 2.09. The van der Waals surface area contributed by atoms with Gasteiger partial charge in [-0.15, -0.1) is 11.3 Å². The van der Waals surface area contributed by atoms with Gasteiger partial charge in [0.25, 0.3) is 5.69 Å². The van der Waals surface area contributed by atoms with Crippen molar-refractivity contribution in [2.24, 2.45) is 4.99 Å². The number of nitro benzene ring substituents is 1. The van der Waals surface area contributed by atoms with Crippen molar-refractivity contribution in [2.75, 3.05) is 0 Å². The highest BCUT2D eigenvalue weighted by molar-refractivity contribution is 7.18. The van der Waals surface area contributed by atoms with Crippen molar-refractivity contribution in [3.63, 3.8) is 0 Å². The fraction of sp³-hybridized carbons (Fsp3) is 0.0667. The van der Waals surface area contributed by atoms with Crippen LogP contribution in [0, 0.1) is 17.0 Å².